The summed E-state index contributed by atoms with van der Waals surface area (Å²) in [4.78, 5) is 14.0. The van der Waals surface area contributed by atoms with Crippen molar-refractivity contribution >= 4 is 38.0 Å². The van der Waals surface area contributed by atoms with Gasteiger partial charge in [-0.05, 0) is 35.0 Å². The molecule has 0 spiro atoms. The summed E-state index contributed by atoms with van der Waals surface area (Å²) in [7, 11) is 0. The molecule has 1 N–H and O–H groups in total. The third-order valence-electron chi connectivity index (χ3n) is 2.79. The molecular formula is C13H9BrN2OS. The van der Waals surface area contributed by atoms with Gasteiger partial charge in [-0.1, -0.05) is 18.2 Å². The number of aromatic amines is 1. The van der Waals surface area contributed by atoms with E-state index < -0.39 is 0 Å². The average Bonchev–Trinajstić information content (AvgIpc) is 2.70. The number of nitrogens with one attached hydrogen (secondary N) is 1. The lowest BCUT2D eigenvalue weighted by atomic mass is 10.1. The van der Waals surface area contributed by atoms with E-state index in [0.717, 1.165) is 20.4 Å². The van der Waals surface area contributed by atoms with Crippen LogP contribution >= 0.6 is 27.3 Å². The molecule has 0 amide bonds. The minimum absolute atomic E-state index is 0.151. The molecule has 2 aromatic heterocycles. The maximum Gasteiger partial charge on any atom is 0.272 e. The average molecular weight is 321 g/mol. The van der Waals surface area contributed by atoms with Crippen LogP contribution in [0.4, 0.5) is 0 Å². The van der Waals surface area contributed by atoms with Gasteiger partial charge in [0, 0.05) is 14.7 Å². The van der Waals surface area contributed by atoms with Crippen LogP contribution in [0, 0.1) is 6.92 Å². The maximum atomic E-state index is 11.7. The summed E-state index contributed by atoms with van der Waals surface area (Å²) in [6, 6.07) is 9.55. The van der Waals surface area contributed by atoms with Gasteiger partial charge in [0.1, 0.15) is 5.69 Å². The first-order chi connectivity index (χ1) is 8.66. The summed E-state index contributed by atoms with van der Waals surface area (Å²) >= 11 is 5.16. The Morgan fingerprint density at radius 1 is 1.28 bits per heavy atom. The molecule has 0 saturated carbocycles. The molecule has 0 bridgehead atoms. The Balaban J connectivity index is 2.36. The fourth-order valence-electron chi connectivity index (χ4n) is 1.88. The zero-order valence-electron chi connectivity index (χ0n) is 9.53. The molecule has 0 atom stereocenters. The van der Waals surface area contributed by atoms with Crippen LogP contribution in [-0.4, -0.2) is 10.2 Å². The Bertz CT molecular complexity index is 772. The summed E-state index contributed by atoms with van der Waals surface area (Å²) in [6.07, 6.45) is 0. The number of hydrogen-bond acceptors (Lipinski definition) is 3. The summed E-state index contributed by atoms with van der Waals surface area (Å²) < 4.78 is 1.07. The second kappa shape index (κ2) is 4.33. The van der Waals surface area contributed by atoms with Crippen LogP contribution in [0.5, 0.6) is 0 Å². The first-order valence-electron chi connectivity index (χ1n) is 5.40. The van der Waals surface area contributed by atoms with E-state index in [1.165, 1.54) is 4.88 Å². The third-order valence-corrected chi connectivity index (χ3v) is 4.93. The minimum atomic E-state index is -0.151. The van der Waals surface area contributed by atoms with Gasteiger partial charge in [-0.15, -0.1) is 11.3 Å². The van der Waals surface area contributed by atoms with Crippen LogP contribution in [0.15, 0.2) is 39.6 Å². The van der Waals surface area contributed by atoms with Crippen molar-refractivity contribution in [3.05, 3.63) is 50.0 Å². The number of rotatable bonds is 1. The smallest absolute Gasteiger partial charge is 0.267 e. The van der Waals surface area contributed by atoms with Crippen LogP contribution in [-0.2, 0) is 0 Å². The zero-order valence-corrected chi connectivity index (χ0v) is 11.9. The molecule has 3 rings (SSSR count). The highest BCUT2D eigenvalue weighted by molar-refractivity contribution is 9.10. The number of fused-ring (bicyclic) bond motifs is 1. The Labute approximate surface area is 116 Å². The Hall–Kier alpha value is -1.46. The fraction of sp³-hybridized carbons (Fsp3) is 0.0769. The number of hydrogen-bond donors (Lipinski definition) is 1. The van der Waals surface area contributed by atoms with Gasteiger partial charge in [-0.3, -0.25) is 4.79 Å². The van der Waals surface area contributed by atoms with Crippen molar-refractivity contribution in [3.8, 4) is 10.6 Å². The molecule has 0 aliphatic rings. The SMILES string of the molecule is Cc1sc(-c2n[nH]c(=O)c3ccccc23)cc1Br. The number of aryl methyl sites for hydroxylation is 1. The number of nitrogens with zero attached hydrogens (tertiary/aromatic N) is 1. The predicted octanol–water partition coefficient (Wildman–Crippen LogP) is 3.72. The molecule has 5 heteroatoms. The molecule has 1 aromatic carbocycles. The molecule has 0 aliphatic heterocycles. The Morgan fingerprint density at radius 3 is 2.67 bits per heavy atom. The first kappa shape index (κ1) is 11.6. The van der Waals surface area contributed by atoms with Crippen molar-refractivity contribution in [2.24, 2.45) is 0 Å². The van der Waals surface area contributed by atoms with Gasteiger partial charge >= 0.3 is 0 Å². The highest BCUT2D eigenvalue weighted by atomic mass is 79.9. The van der Waals surface area contributed by atoms with E-state index in [4.69, 9.17) is 0 Å². The lowest BCUT2D eigenvalue weighted by Gasteiger charge is -2.01. The van der Waals surface area contributed by atoms with Crippen molar-refractivity contribution < 1.29 is 0 Å². The lowest BCUT2D eigenvalue weighted by Crippen LogP contribution is -2.08. The van der Waals surface area contributed by atoms with Gasteiger partial charge in [-0.25, -0.2) is 5.10 Å². The largest absolute Gasteiger partial charge is 0.272 e. The van der Waals surface area contributed by atoms with Gasteiger partial charge in [-0.2, -0.15) is 5.10 Å². The molecule has 18 heavy (non-hydrogen) atoms. The second-order valence-electron chi connectivity index (χ2n) is 3.96. The number of halogens is 1. The predicted molar refractivity (Wildman–Crippen MR) is 78.1 cm³/mol. The summed E-state index contributed by atoms with van der Waals surface area (Å²) in [5.74, 6) is 0. The zero-order chi connectivity index (χ0) is 12.7. The van der Waals surface area contributed by atoms with Crippen molar-refractivity contribution in [2.45, 2.75) is 6.92 Å². The van der Waals surface area contributed by atoms with Crippen LogP contribution in [0.1, 0.15) is 4.88 Å². The van der Waals surface area contributed by atoms with Gasteiger partial charge < -0.3 is 0 Å². The summed E-state index contributed by atoms with van der Waals surface area (Å²) in [5, 5.41) is 8.29. The summed E-state index contributed by atoms with van der Waals surface area (Å²) in [5.41, 5.74) is 0.672. The van der Waals surface area contributed by atoms with Crippen molar-refractivity contribution in [3.63, 3.8) is 0 Å². The van der Waals surface area contributed by atoms with Gasteiger partial charge in [0.05, 0.1) is 10.3 Å². The molecular weight excluding hydrogens is 312 g/mol. The monoisotopic (exact) mass is 320 g/mol. The van der Waals surface area contributed by atoms with E-state index in [-0.39, 0.29) is 5.56 Å². The first-order valence-corrected chi connectivity index (χ1v) is 7.01. The van der Waals surface area contributed by atoms with Crippen molar-refractivity contribution in [2.75, 3.05) is 0 Å². The highest BCUT2D eigenvalue weighted by Crippen LogP contribution is 2.35. The van der Waals surface area contributed by atoms with Crippen LogP contribution in [0.3, 0.4) is 0 Å². The highest BCUT2D eigenvalue weighted by Gasteiger charge is 2.11. The van der Waals surface area contributed by atoms with E-state index in [0.29, 0.717) is 5.39 Å². The molecule has 0 fully saturated rings. The maximum absolute atomic E-state index is 11.7. The molecule has 2 heterocycles. The standard InChI is InChI=1S/C13H9BrN2OS/c1-7-10(14)6-11(18-7)12-8-4-2-3-5-9(8)13(17)16-15-12/h2-6H,1H3,(H,16,17). The van der Waals surface area contributed by atoms with E-state index in [1.807, 2.05) is 37.3 Å². The number of thiophene rings is 1. The van der Waals surface area contributed by atoms with Crippen LogP contribution < -0.4 is 5.56 Å². The van der Waals surface area contributed by atoms with Crippen molar-refractivity contribution in [1.82, 2.24) is 10.2 Å². The number of H-pyrrole nitrogens is 1. The van der Waals surface area contributed by atoms with E-state index in [9.17, 15) is 4.79 Å². The minimum Gasteiger partial charge on any atom is -0.267 e. The topological polar surface area (TPSA) is 45.8 Å². The lowest BCUT2D eigenvalue weighted by molar-refractivity contribution is 1.02. The van der Waals surface area contributed by atoms with Crippen molar-refractivity contribution in [1.29, 1.82) is 0 Å². The van der Waals surface area contributed by atoms with Gasteiger partial charge in [0.15, 0.2) is 0 Å². The molecule has 3 nitrogen and oxygen atoms in total. The molecule has 0 radical (unpaired) electrons. The van der Waals surface area contributed by atoms with E-state index >= 15 is 0 Å². The Kier molecular flexibility index (Phi) is 2.80. The van der Waals surface area contributed by atoms with Gasteiger partial charge in [0.2, 0.25) is 0 Å². The quantitative estimate of drug-likeness (QED) is 0.742. The number of benzene rings is 1. The molecule has 90 valence electrons. The summed E-state index contributed by atoms with van der Waals surface area (Å²) in [6.45, 7) is 2.05. The molecule has 3 aromatic rings. The number of aromatic nitrogens is 2. The Morgan fingerprint density at radius 2 is 2.00 bits per heavy atom. The fourth-order valence-corrected chi connectivity index (χ4v) is 3.42. The molecule has 0 aliphatic carbocycles. The van der Waals surface area contributed by atoms with E-state index in [2.05, 4.69) is 26.1 Å². The third kappa shape index (κ3) is 1.79. The van der Waals surface area contributed by atoms with Crippen LogP contribution in [0.2, 0.25) is 0 Å². The molecule has 0 saturated heterocycles. The van der Waals surface area contributed by atoms with E-state index in [1.54, 1.807) is 11.3 Å². The van der Waals surface area contributed by atoms with Gasteiger partial charge in [0.25, 0.3) is 5.56 Å². The second-order valence-corrected chi connectivity index (χ2v) is 6.07. The van der Waals surface area contributed by atoms with Crippen LogP contribution in [0.25, 0.3) is 21.3 Å². The normalized spacial score (nSPS) is 11.0. The molecule has 0 unspecified atom stereocenters.